The van der Waals surface area contributed by atoms with Gasteiger partial charge >= 0.3 is 6.61 Å². The molecule has 182 valence electrons. The number of aromatic nitrogens is 5. The van der Waals surface area contributed by atoms with Crippen LogP contribution in [-0.4, -0.2) is 49.0 Å². The van der Waals surface area contributed by atoms with Crippen LogP contribution in [0.2, 0.25) is 0 Å². The van der Waals surface area contributed by atoms with E-state index in [-0.39, 0.29) is 23.3 Å². The average molecular weight is 493 g/mol. The van der Waals surface area contributed by atoms with Gasteiger partial charge in [-0.05, 0) is 37.5 Å². The molecule has 2 atom stereocenters. The molecule has 11 heteroatoms. The van der Waals surface area contributed by atoms with Gasteiger partial charge in [0.05, 0.1) is 28.5 Å². The number of hydrogen-bond donors (Lipinski definition) is 1. The van der Waals surface area contributed by atoms with Crippen molar-refractivity contribution in [2.45, 2.75) is 43.4 Å². The van der Waals surface area contributed by atoms with E-state index in [9.17, 15) is 13.6 Å². The Balaban J connectivity index is 1.42. The van der Waals surface area contributed by atoms with Crippen molar-refractivity contribution < 1.29 is 22.4 Å². The second-order valence-corrected chi connectivity index (χ2v) is 9.43. The highest BCUT2D eigenvalue weighted by atomic mass is 19.3. The van der Waals surface area contributed by atoms with Gasteiger partial charge in [-0.15, -0.1) is 0 Å². The minimum Gasteiger partial charge on any atom is -0.434 e. The number of rotatable bonds is 4. The molecule has 2 bridgehead atoms. The van der Waals surface area contributed by atoms with Gasteiger partial charge in [-0.3, -0.25) is 4.79 Å². The zero-order valence-corrected chi connectivity index (χ0v) is 18.7. The molecule has 2 N–H and O–H groups in total. The van der Waals surface area contributed by atoms with Crippen molar-refractivity contribution in [1.82, 2.24) is 29.5 Å². The molecule has 1 saturated carbocycles. The van der Waals surface area contributed by atoms with E-state index < -0.39 is 37.0 Å². The molecule has 0 unspecified atom stereocenters. The third-order valence-electron chi connectivity index (χ3n) is 7.29. The van der Waals surface area contributed by atoms with Crippen LogP contribution in [0.4, 0.5) is 8.78 Å². The predicted molar refractivity (Wildman–Crippen MR) is 123 cm³/mol. The van der Waals surface area contributed by atoms with Gasteiger partial charge in [-0.25, -0.2) is 19.5 Å². The van der Waals surface area contributed by atoms with E-state index in [4.69, 9.17) is 14.6 Å². The summed E-state index contributed by atoms with van der Waals surface area (Å²) in [5.41, 5.74) is 8.74. The molecule has 1 amide bonds. The Morgan fingerprint density at radius 2 is 2.03 bits per heavy atom. The maximum absolute atomic E-state index is 13.5. The second-order valence-electron chi connectivity index (χ2n) is 9.43. The lowest BCUT2D eigenvalue weighted by atomic mass is 9.88. The van der Waals surface area contributed by atoms with E-state index in [0.717, 1.165) is 17.7 Å². The Kier molecular flexibility index (Phi) is 3.69. The molecule has 0 saturated heterocycles. The van der Waals surface area contributed by atoms with Crippen LogP contribution in [-0.2, 0) is 5.54 Å². The van der Waals surface area contributed by atoms with Crippen LogP contribution in [0.3, 0.4) is 0 Å². The summed E-state index contributed by atoms with van der Waals surface area (Å²) in [5, 5.41) is 4.60. The predicted octanol–water partition coefficient (Wildman–Crippen LogP) is 3.40. The smallest absolute Gasteiger partial charge is 0.387 e. The molecule has 9 nitrogen and oxygen atoms in total. The SMILES string of the molecule is [2H]C([2H])([2H])N1C(=O)c2cccc(OC(F)F)c2[C@H]2C[C@@H]1c1nn3cnc(-c4cnc(C5(N)CC5)nc4)cc3c12. The third-order valence-corrected chi connectivity index (χ3v) is 7.29. The quantitative estimate of drug-likeness (QED) is 0.465. The molecule has 0 radical (unpaired) electrons. The van der Waals surface area contributed by atoms with Crippen LogP contribution in [0.1, 0.15) is 68.3 Å². The Labute approximate surface area is 208 Å². The highest BCUT2D eigenvalue weighted by Crippen LogP contribution is 2.53. The topological polar surface area (TPSA) is 112 Å². The molecule has 4 aromatic rings. The molecular formula is C25H21F2N7O2. The van der Waals surface area contributed by atoms with Crippen LogP contribution in [0.5, 0.6) is 5.75 Å². The minimum atomic E-state index is -3.13. The molecular weight excluding hydrogens is 468 g/mol. The van der Waals surface area contributed by atoms with Crippen molar-refractivity contribution in [3.63, 3.8) is 0 Å². The molecule has 1 aromatic carbocycles. The Bertz CT molecular complexity index is 1650. The number of carbonyl (C=O) groups excluding carboxylic acids is 1. The number of fused-ring (bicyclic) bond motifs is 9. The first-order valence-corrected chi connectivity index (χ1v) is 11.5. The number of ether oxygens (including phenoxy) is 1. The molecule has 7 rings (SSSR count). The van der Waals surface area contributed by atoms with Crippen molar-refractivity contribution in [3.8, 4) is 17.0 Å². The summed E-state index contributed by atoms with van der Waals surface area (Å²) in [4.78, 5) is 27.7. The zero-order chi connectivity index (χ0) is 27.3. The van der Waals surface area contributed by atoms with Crippen molar-refractivity contribution in [1.29, 1.82) is 0 Å². The number of amides is 1. The molecule has 0 spiro atoms. The molecule has 3 aromatic heterocycles. The van der Waals surface area contributed by atoms with Crippen molar-refractivity contribution in [2.24, 2.45) is 5.73 Å². The number of carbonyl (C=O) groups is 1. The van der Waals surface area contributed by atoms with E-state index in [1.54, 1.807) is 18.5 Å². The first kappa shape index (κ1) is 18.3. The number of benzene rings is 1. The lowest BCUT2D eigenvalue weighted by Gasteiger charge is -2.23. The van der Waals surface area contributed by atoms with Gasteiger partial charge in [0.15, 0.2) is 0 Å². The van der Waals surface area contributed by atoms with Gasteiger partial charge in [0.2, 0.25) is 0 Å². The van der Waals surface area contributed by atoms with Gasteiger partial charge in [0.25, 0.3) is 5.91 Å². The fraction of sp³-hybridized carbons (Fsp3) is 0.320. The van der Waals surface area contributed by atoms with Gasteiger partial charge in [-0.2, -0.15) is 13.9 Å². The Morgan fingerprint density at radius 3 is 2.75 bits per heavy atom. The van der Waals surface area contributed by atoms with E-state index in [2.05, 4.69) is 20.1 Å². The highest BCUT2D eigenvalue weighted by Gasteiger charge is 2.46. The maximum atomic E-state index is 13.5. The molecule has 2 aliphatic carbocycles. The first-order valence-electron chi connectivity index (χ1n) is 13.0. The summed E-state index contributed by atoms with van der Waals surface area (Å²) in [5.74, 6) is -1.01. The lowest BCUT2D eigenvalue weighted by Crippen LogP contribution is -2.30. The van der Waals surface area contributed by atoms with Crippen molar-refractivity contribution in [2.75, 3.05) is 6.98 Å². The number of nitrogens with zero attached hydrogens (tertiary/aromatic N) is 6. The Hall–Kier alpha value is -3.99. The lowest BCUT2D eigenvalue weighted by molar-refractivity contribution is -0.0505. The number of halogens is 2. The summed E-state index contributed by atoms with van der Waals surface area (Å²) in [7, 11) is 0. The summed E-state index contributed by atoms with van der Waals surface area (Å²) >= 11 is 0. The van der Waals surface area contributed by atoms with E-state index >= 15 is 0 Å². The first-order chi connectivity index (χ1) is 18.5. The fourth-order valence-corrected chi connectivity index (χ4v) is 5.33. The fourth-order valence-electron chi connectivity index (χ4n) is 5.33. The van der Waals surface area contributed by atoms with Crippen LogP contribution < -0.4 is 10.5 Å². The van der Waals surface area contributed by atoms with Gasteiger partial charge in [0, 0.05) is 51.7 Å². The molecule has 1 aliphatic heterocycles. The second kappa shape index (κ2) is 7.26. The van der Waals surface area contributed by atoms with Crippen LogP contribution in [0.25, 0.3) is 16.8 Å². The van der Waals surface area contributed by atoms with Crippen molar-refractivity contribution >= 4 is 11.4 Å². The molecule has 3 aliphatic rings. The summed E-state index contributed by atoms with van der Waals surface area (Å²) in [6.45, 7) is -5.92. The molecule has 36 heavy (non-hydrogen) atoms. The standard InChI is InChI=1S/C25H21F2N7O2/c1-33-17-7-14(19-13(22(33)35)3-2-4-18(19)36-24(26)27)20-16-8-15(31-11-34(16)32-21(17)20)12-9-29-23(30-10-12)25(28)5-6-25/h2-4,8-11,14,17,24H,5-7,28H2,1H3/t14-,17-/m1/s1/i1D3. The summed E-state index contributed by atoms with van der Waals surface area (Å²) < 4.78 is 57.4. The van der Waals surface area contributed by atoms with Crippen LogP contribution >= 0.6 is 0 Å². The maximum Gasteiger partial charge on any atom is 0.387 e. The zero-order valence-electron chi connectivity index (χ0n) is 21.7. The Morgan fingerprint density at radius 1 is 1.22 bits per heavy atom. The van der Waals surface area contributed by atoms with Gasteiger partial charge in [-0.1, -0.05) is 6.07 Å². The van der Waals surface area contributed by atoms with Crippen LogP contribution in [0, 0.1) is 0 Å². The normalized spacial score (nSPS) is 23.1. The molecule has 4 heterocycles. The minimum absolute atomic E-state index is 0.0100. The van der Waals surface area contributed by atoms with E-state index in [1.807, 2.05) is 0 Å². The number of alkyl halides is 2. The van der Waals surface area contributed by atoms with E-state index in [0.29, 0.717) is 33.9 Å². The monoisotopic (exact) mass is 492 g/mol. The molecule has 1 fully saturated rings. The largest absolute Gasteiger partial charge is 0.434 e. The average Bonchev–Trinajstić information content (AvgIpc) is 3.43. The number of nitrogens with two attached hydrogens (primary N) is 1. The van der Waals surface area contributed by atoms with Gasteiger partial charge in [0.1, 0.15) is 17.9 Å². The number of hydrogen-bond acceptors (Lipinski definition) is 7. The van der Waals surface area contributed by atoms with E-state index in [1.165, 1.54) is 29.0 Å². The van der Waals surface area contributed by atoms with Gasteiger partial charge < -0.3 is 15.4 Å². The highest BCUT2D eigenvalue weighted by molar-refractivity contribution is 5.98. The third kappa shape index (κ3) is 2.98. The summed E-state index contributed by atoms with van der Waals surface area (Å²) in [6, 6.07) is 5.08. The van der Waals surface area contributed by atoms with Crippen LogP contribution in [0.15, 0.2) is 43.0 Å². The summed E-state index contributed by atoms with van der Waals surface area (Å²) in [6.07, 6.45) is 6.59. The van der Waals surface area contributed by atoms with Crippen molar-refractivity contribution in [3.05, 3.63) is 71.2 Å².